The van der Waals surface area contributed by atoms with Gasteiger partial charge in [0.2, 0.25) is 0 Å². The summed E-state index contributed by atoms with van der Waals surface area (Å²) in [4.78, 5) is -0.274. The van der Waals surface area contributed by atoms with E-state index in [0.717, 1.165) is 0 Å². The second-order valence-electron chi connectivity index (χ2n) is 2.83. The highest BCUT2D eigenvalue weighted by atomic mass is 35.6. The van der Waals surface area contributed by atoms with Crippen LogP contribution in [0.25, 0.3) is 0 Å². The molecule has 0 nitrogen and oxygen atoms in total. The second kappa shape index (κ2) is 3.71. The van der Waals surface area contributed by atoms with Gasteiger partial charge in [0, 0.05) is 4.87 Å². The van der Waals surface area contributed by atoms with Crippen molar-refractivity contribution in [3.05, 3.63) is 0 Å². The SMILES string of the molecule is CC(C)(Cl)CCC(Cl)(Cl)Cl. The van der Waals surface area contributed by atoms with Crippen LogP contribution in [0.1, 0.15) is 26.7 Å². The Balaban J connectivity index is 3.56. The van der Waals surface area contributed by atoms with Crippen LogP contribution in [-0.2, 0) is 0 Å². The van der Waals surface area contributed by atoms with Gasteiger partial charge in [0.05, 0.1) is 0 Å². The van der Waals surface area contributed by atoms with Gasteiger partial charge in [-0.1, -0.05) is 34.8 Å². The number of halogens is 4. The topological polar surface area (TPSA) is 0 Å². The fourth-order valence-electron chi connectivity index (χ4n) is 0.439. The quantitative estimate of drug-likeness (QED) is 0.617. The van der Waals surface area contributed by atoms with Crippen molar-refractivity contribution in [2.24, 2.45) is 0 Å². The van der Waals surface area contributed by atoms with Crippen LogP contribution in [0, 0.1) is 0 Å². The van der Waals surface area contributed by atoms with Crippen molar-refractivity contribution in [2.45, 2.75) is 35.4 Å². The Bertz CT molecular complexity index is 83.3. The highest BCUT2D eigenvalue weighted by molar-refractivity contribution is 6.67. The first-order chi connectivity index (χ1) is 4.21. The smallest absolute Gasteiger partial charge is 0.120 e. The molecule has 0 aliphatic heterocycles. The molecule has 0 aliphatic rings. The van der Waals surface area contributed by atoms with Crippen molar-refractivity contribution < 1.29 is 0 Å². The van der Waals surface area contributed by atoms with Crippen LogP contribution in [0.2, 0.25) is 0 Å². The lowest BCUT2D eigenvalue weighted by molar-refractivity contribution is 0.598. The molecular weight excluding hydrogens is 214 g/mol. The average molecular weight is 224 g/mol. The zero-order chi connectivity index (χ0) is 8.41. The zero-order valence-electron chi connectivity index (χ0n) is 5.93. The summed E-state index contributed by atoms with van der Waals surface area (Å²) in [5, 5.41) is 0. The van der Waals surface area contributed by atoms with Crippen LogP contribution < -0.4 is 0 Å². The van der Waals surface area contributed by atoms with Crippen LogP contribution in [0.3, 0.4) is 0 Å². The van der Waals surface area contributed by atoms with Crippen LogP contribution in [0.15, 0.2) is 0 Å². The maximum Gasteiger partial charge on any atom is 0.190 e. The molecular formula is C6H10Cl4. The number of hydrogen-bond acceptors (Lipinski definition) is 0. The molecule has 0 rings (SSSR count). The van der Waals surface area contributed by atoms with E-state index in [0.29, 0.717) is 12.8 Å². The van der Waals surface area contributed by atoms with Gasteiger partial charge in [0.1, 0.15) is 0 Å². The first-order valence-electron chi connectivity index (χ1n) is 2.96. The van der Waals surface area contributed by atoms with Gasteiger partial charge in [-0.05, 0) is 26.7 Å². The highest BCUT2D eigenvalue weighted by Gasteiger charge is 2.23. The van der Waals surface area contributed by atoms with E-state index in [1.54, 1.807) is 0 Å². The summed E-state index contributed by atoms with van der Waals surface area (Å²) in [6.07, 6.45) is 1.19. The molecule has 0 bridgehead atoms. The summed E-state index contributed by atoms with van der Waals surface area (Å²) < 4.78 is -1.16. The maximum atomic E-state index is 5.86. The third-order valence-corrected chi connectivity index (χ3v) is 1.76. The molecule has 0 aromatic carbocycles. The standard InChI is InChI=1S/C6H10Cl4/c1-5(2,7)3-4-6(8,9)10/h3-4H2,1-2H3. The van der Waals surface area contributed by atoms with E-state index in [2.05, 4.69) is 0 Å². The second-order valence-corrected chi connectivity index (χ2v) is 6.37. The summed E-state index contributed by atoms with van der Waals surface area (Å²) in [5.74, 6) is 0. The Morgan fingerprint density at radius 3 is 1.40 bits per heavy atom. The van der Waals surface area contributed by atoms with Crippen molar-refractivity contribution in [2.75, 3.05) is 0 Å². The summed E-state index contributed by atoms with van der Waals surface area (Å²) in [7, 11) is 0. The van der Waals surface area contributed by atoms with E-state index in [9.17, 15) is 0 Å². The normalized spacial score (nSPS) is 13.8. The van der Waals surface area contributed by atoms with Gasteiger partial charge < -0.3 is 0 Å². The van der Waals surface area contributed by atoms with Crippen LogP contribution in [-0.4, -0.2) is 8.67 Å². The van der Waals surface area contributed by atoms with Gasteiger partial charge in [0.15, 0.2) is 3.79 Å². The lowest BCUT2D eigenvalue weighted by Crippen LogP contribution is -2.14. The monoisotopic (exact) mass is 222 g/mol. The molecule has 0 N–H and O–H groups in total. The van der Waals surface area contributed by atoms with Gasteiger partial charge >= 0.3 is 0 Å². The van der Waals surface area contributed by atoms with Crippen molar-refractivity contribution in [3.8, 4) is 0 Å². The van der Waals surface area contributed by atoms with Gasteiger partial charge in [-0.25, -0.2) is 0 Å². The van der Waals surface area contributed by atoms with E-state index in [4.69, 9.17) is 46.4 Å². The summed E-state index contributed by atoms with van der Waals surface area (Å²) >= 11 is 22.4. The van der Waals surface area contributed by atoms with E-state index in [-0.39, 0.29) is 4.87 Å². The predicted molar refractivity (Wildman–Crippen MR) is 49.5 cm³/mol. The van der Waals surface area contributed by atoms with Gasteiger partial charge in [-0.2, -0.15) is 0 Å². The Morgan fingerprint density at radius 1 is 0.900 bits per heavy atom. The van der Waals surface area contributed by atoms with Crippen molar-refractivity contribution in [1.29, 1.82) is 0 Å². The Morgan fingerprint density at radius 2 is 1.30 bits per heavy atom. The Labute approximate surface area is 81.8 Å². The average Bonchev–Trinajstić information content (AvgIpc) is 1.57. The van der Waals surface area contributed by atoms with Crippen molar-refractivity contribution in [1.82, 2.24) is 0 Å². The Kier molecular flexibility index (Phi) is 4.14. The minimum Gasteiger partial charge on any atom is -0.120 e. The van der Waals surface area contributed by atoms with E-state index >= 15 is 0 Å². The fraction of sp³-hybridized carbons (Fsp3) is 1.00. The van der Waals surface area contributed by atoms with E-state index in [1.165, 1.54) is 0 Å². The minimum absolute atomic E-state index is 0.274. The highest BCUT2D eigenvalue weighted by Crippen LogP contribution is 2.35. The third kappa shape index (κ3) is 9.16. The van der Waals surface area contributed by atoms with Crippen molar-refractivity contribution in [3.63, 3.8) is 0 Å². The number of alkyl halides is 4. The van der Waals surface area contributed by atoms with Gasteiger partial charge in [0.25, 0.3) is 0 Å². The first-order valence-corrected chi connectivity index (χ1v) is 4.47. The minimum atomic E-state index is -1.16. The molecule has 0 saturated heterocycles. The fourth-order valence-corrected chi connectivity index (χ4v) is 0.817. The van der Waals surface area contributed by atoms with Gasteiger partial charge in [-0.3, -0.25) is 0 Å². The molecule has 0 saturated carbocycles. The molecule has 0 atom stereocenters. The molecule has 0 heterocycles. The summed E-state index contributed by atoms with van der Waals surface area (Å²) in [6.45, 7) is 3.79. The molecule has 62 valence electrons. The maximum absolute atomic E-state index is 5.86. The van der Waals surface area contributed by atoms with Crippen LogP contribution >= 0.6 is 46.4 Å². The van der Waals surface area contributed by atoms with Crippen molar-refractivity contribution >= 4 is 46.4 Å². The van der Waals surface area contributed by atoms with Crippen LogP contribution in [0.4, 0.5) is 0 Å². The lowest BCUT2D eigenvalue weighted by Gasteiger charge is -2.18. The van der Waals surface area contributed by atoms with Gasteiger partial charge in [-0.15, -0.1) is 11.6 Å². The summed E-state index contributed by atoms with van der Waals surface area (Å²) in [6, 6.07) is 0. The summed E-state index contributed by atoms with van der Waals surface area (Å²) in [5.41, 5.74) is 0. The molecule has 0 amide bonds. The molecule has 0 aromatic rings. The lowest BCUT2D eigenvalue weighted by atomic mass is 10.1. The predicted octanol–water partition coefficient (Wildman–Crippen LogP) is 4.15. The first kappa shape index (κ1) is 11.2. The molecule has 0 fully saturated rings. The molecule has 0 spiro atoms. The molecule has 4 heteroatoms. The largest absolute Gasteiger partial charge is 0.190 e. The van der Waals surface area contributed by atoms with Crippen LogP contribution in [0.5, 0.6) is 0 Å². The zero-order valence-corrected chi connectivity index (χ0v) is 8.95. The number of hydrogen-bond donors (Lipinski definition) is 0. The molecule has 0 aliphatic carbocycles. The van der Waals surface area contributed by atoms with E-state index < -0.39 is 3.79 Å². The third-order valence-electron chi connectivity index (χ3n) is 1.00. The van der Waals surface area contributed by atoms with E-state index in [1.807, 2.05) is 13.8 Å². The molecule has 0 unspecified atom stereocenters. The molecule has 10 heavy (non-hydrogen) atoms. The Hall–Kier alpha value is 1.16. The molecule has 0 radical (unpaired) electrons. The molecule has 0 aromatic heterocycles. The number of rotatable bonds is 2.